The highest BCUT2D eigenvalue weighted by atomic mass is 32.2. The molecule has 0 aliphatic carbocycles. The second-order valence-corrected chi connectivity index (χ2v) is 7.20. The van der Waals surface area contributed by atoms with Gasteiger partial charge in [0.2, 0.25) is 0 Å². The molecular weight excluding hydrogens is 314 g/mol. The van der Waals surface area contributed by atoms with E-state index < -0.39 is 22.1 Å². The number of ether oxygens (including phenoxy) is 1. The van der Waals surface area contributed by atoms with Gasteiger partial charge in [-0.3, -0.25) is 0 Å². The van der Waals surface area contributed by atoms with Crippen molar-refractivity contribution in [1.82, 2.24) is 3.97 Å². The first-order chi connectivity index (χ1) is 11.0. The molecule has 1 aliphatic rings. The van der Waals surface area contributed by atoms with E-state index in [0.29, 0.717) is 11.1 Å². The van der Waals surface area contributed by atoms with Gasteiger partial charge in [-0.05, 0) is 25.1 Å². The van der Waals surface area contributed by atoms with Crippen molar-refractivity contribution in [1.29, 1.82) is 0 Å². The number of hydrogen-bond acceptors (Lipinski definition) is 4. The van der Waals surface area contributed by atoms with Crippen LogP contribution in [0.5, 0.6) is 0 Å². The Kier molecular flexibility index (Phi) is 2.86. The van der Waals surface area contributed by atoms with E-state index in [4.69, 9.17) is 4.74 Å². The number of fused-ring (bicyclic) bond motifs is 3. The van der Waals surface area contributed by atoms with Crippen molar-refractivity contribution in [2.45, 2.75) is 17.9 Å². The minimum atomic E-state index is -3.89. The summed E-state index contributed by atoms with van der Waals surface area (Å²) in [5, 5.41) is 0.723. The predicted octanol–water partition coefficient (Wildman–Crippen LogP) is 3.11. The molecule has 116 valence electrons. The monoisotopic (exact) mass is 327 g/mol. The zero-order chi connectivity index (χ0) is 16.2. The fraction of sp³-hybridized carbons (Fsp3) is 0.118. The van der Waals surface area contributed by atoms with Crippen molar-refractivity contribution < 1.29 is 17.9 Å². The van der Waals surface area contributed by atoms with Gasteiger partial charge in [0, 0.05) is 10.9 Å². The van der Waals surface area contributed by atoms with Crippen molar-refractivity contribution in [2.24, 2.45) is 0 Å². The molecule has 4 rings (SSSR count). The lowest BCUT2D eigenvalue weighted by Crippen LogP contribution is -2.17. The lowest BCUT2D eigenvalue weighted by molar-refractivity contribution is 0.0417. The Bertz CT molecular complexity index is 1040. The molecule has 0 bridgehead atoms. The molecule has 1 aliphatic heterocycles. The number of esters is 1. The largest absolute Gasteiger partial charge is 0.453 e. The van der Waals surface area contributed by atoms with Gasteiger partial charge in [0.1, 0.15) is 11.8 Å². The van der Waals surface area contributed by atoms with Gasteiger partial charge in [-0.25, -0.2) is 17.2 Å². The van der Waals surface area contributed by atoms with E-state index in [1.807, 2.05) is 12.1 Å². The third-order valence-corrected chi connectivity index (χ3v) is 5.76. The van der Waals surface area contributed by atoms with E-state index in [1.54, 1.807) is 37.3 Å². The Morgan fingerprint density at radius 3 is 2.39 bits per heavy atom. The van der Waals surface area contributed by atoms with Gasteiger partial charge < -0.3 is 4.74 Å². The molecule has 0 amide bonds. The highest BCUT2D eigenvalue weighted by Crippen LogP contribution is 2.40. The third-order valence-electron chi connectivity index (χ3n) is 4.04. The first kappa shape index (κ1) is 14.0. The van der Waals surface area contributed by atoms with E-state index in [9.17, 15) is 13.2 Å². The number of para-hydroxylation sites is 1. The zero-order valence-corrected chi connectivity index (χ0v) is 13.1. The first-order valence-corrected chi connectivity index (χ1v) is 8.61. The van der Waals surface area contributed by atoms with Crippen LogP contribution in [-0.2, 0) is 14.8 Å². The van der Waals surface area contributed by atoms with Gasteiger partial charge in [-0.2, -0.15) is 0 Å². The van der Waals surface area contributed by atoms with Crippen molar-refractivity contribution in [3.63, 3.8) is 0 Å². The van der Waals surface area contributed by atoms with Crippen LogP contribution in [0.4, 0.5) is 0 Å². The van der Waals surface area contributed by atoms with Crippen molar-refractivity contribution in [2.75, 3.05) is 0 Å². The number of aromatic nitrogens is 1. The number of carbonyl (C=O) groups excluding carboxylic acids is 1. The van der Waals surface area contributed by atoms with Gasteiger partial charge >= 0.3 is 5.97 Å². The summed E-state index contributed by atoms with van der Waals surface area (Å²) in [6.07, 6.45) is -0.463. The Morgan fingerprint density at radius 1 is 1.00 bits per heavy atom. The average molecular weight is 327 g/mol. The Balaban J connectivity index is 2.14. The Labute approximate surface area is 133 Å². The van der Waals surface area contributed by atoms with Crippen LogP contribution in [0, 0.1) is 0 Å². The third kappa shape index (κ3) is 1.85. The normalized spacial score (nSPS) is 17.3. The minimum Gasteiger partial charge on any atom is -0.453 e. The SMILES string of the molecule is CC1OC(=O)c2c1c1ccccc1n2S(=O)(=O)c1ccccc1. The number of benzene rings is 2. The van der Waals surface area contributed by atoms with E-state index in [1.165, 1.54) is 12.1 Å². The molecule has 23 heavy (non-hydrogen) atoms. The molecule has 0 fully saturated rings. The molecule has 3 aromatic rings. The predicted molar refractivity (Wildman–Crippen MR) is 84.8 cm³/mol. The molecule has 5 nitrogen and oxygen atoms in total. The van der Waals surface area contributed by atoms with Gasteiger partial charge in [0.05, 0.1) is 10.4 Å². The summed E-state index contributed by atoms with van der Waals surface area (Å²) in [5.41, 5.74) is 1.22. The van der Waals surface area contributed by atoms with E-state index in [0.717, 1.165) is 9.36 Å². The number of cyclic esters (lactones) is 1. The topological polar surface area (TPSA) is 65.4 Å². The highest BCUT2D eigenvalue weighted by Gasteiger charge is 2.39. The zero-order valence-electron chi connectivity index (χ0n) is 12.3. The van der Waals surface area contributed by atoms with Crippen LogP contribution in [0.1, 0.15) is 29.1 Å². The summed E-state index contributed by atoms with van der Waals surface area (Å²) in [6.45, 7) is 1.75. The smallest absolute Gasteiger partial charge is 0.357 e. The Hall–Kier alpha value is -2.60. The van der Waals surface area contributed by atoms with Gasteiger partial charge in [-0.15, -0.1) is 0 Å². The summed E-state index contributed by atoms with van der Waals surface area (Å²) in [4.78, 5) is 12.4. The van der Waals surface area contributed by atoms with Crippen LogP contribution in [0.15, 0.2) is 59.5 Å². The minimum absolute atomic E-state index is 0.0996. The van der Waals surface area contributed by atoms with E-state index >= 15 is 0 Å². The number of rotatable bonds is 2. The molecule has 1 aromatic heterocycles. The molecule has 0 saturated carbocycles. The summed E-state index contributed by atoms with van der Waals surface area (Å²) < 4.78 is 32.5. The molecule has 2 heterocycles. The summed E-state index contributed by atoms with van der Waals surface area (Å²) >= 11 is 0. The van der Waals surface area contributed by atoms with Crippen molar-refractivity contribution in [3.8, 4) is 0 Å². The van der Waals surface area contributed by atoms with E-state index in [2.05, 4.69) is 0 Å². The van der Waals surface area contributed by atoms with Crippen molar-refractivity contribution in [3.05, 3.63) is 65.9 Å². The van der Waals surface area contributed by atoms with Crippen LogP contribution in [0.3, 0.4) is 0 Å². The van der Waals surface area contributed by atoms with Crippen LogP contribution >= 0.6 is 0 Å². The Morgan fingerprint density at radius 2 is 1.65 bits per heavy atom. The molecule has 1 unspecified atom stereocenters. The molecule has 0 N–H and O–H groups in total. The molecule has 6 heteroatoms. The van der Waals surface area contributed by atoms with Crippen LogP contribution in [0.2, 0.25) is 0 Å². The summed E-state index contributed by atoms with van der Waals surface area (Å²) in [5.74, 6) is -0.608. The van der Waals surface area contributed by atoms with Crippen LogP contribution in [0.25, 0.3) is 10.9 Å². The maximum Gasteiger partial charge on any atom is 0.357 e. The highest BCUT2D eigenvalue weighted by molar-refractivity contribution is 7.90. The lowest BCUT2D eigenvalue weighted by Gasteiger charge is -2.10. The average Bonchev–Trinajstić information content (AvgIpc) is 3.04. The van der Waals surface area contributed by atoms with Crippen LogP contribution in [-0.4, -0.2) is 18.4 Å². The molecule has 0 saturated heterocycles. The van der Waals surface area contributed by atoms with Gasteiger partial charge in [0.15, 0.2) is 0 Å². The number of hydrogen-bond donors (Lipinski definition) is 0. The molecular formula is C17H13NO4S. The van der Waals surface area contributed by atoms with Crippen molar-refractivity contribution >= 4 is 26.9 Å². The molecule has 1 atom stereocenters. The molecule has 0 radical (unpaired) electrons. The van der Waals surface area contributed by atoms with Crippen LogP contribution < -0.4 is 0 Å². The van der Waals surface area contributed by atoms with Gasteiger partial charge in [-0.1, -0.05) is 36.4 Å². The fourth-order valence-electron chi connectivity index (χ4n) is 3.06. The standard InChI is InChI=1S/C17H13NO4S/c1-11-15-13-9-5-6-10-14(13)18(16(15)17(19)22-11)23(20,21)12-7-3-2-4-8-12/h2-11H,1H3. The summed E-state index contributed by atoms with van der Waals surface area (Å²) in [6, 6.07) is 15.2. The maximum absolute atomic E-state index is 13.1. The maximum atomic E-state index is 13.1. The van der Waals surface area contributed by atoms with E-state index in [-0.39, 0.29) is 10.6 Å². The molecule has 2 aromatic carbocycles. The molecule has 0 spiro atoms. The second kappa shape index (κ2) is 4.70. The number of nitrogens with zero attached hydrogens (tertiary/aromatic N) is 1. The summed E-state index contributed by atoms with van der Waals surface area (Å²) in [7, 11) is -3.89. The number of carbonyl (C=O) groups is 1. The first-order valence-electron chi connectivity index (χ1n) is 7.17. The lowest BCUT2D eigenvalue weighted by atomic mass is 10.1. The quantitative estimate of drug-likeness (QED) is 0.678. The van der Waals surface area contributed by atoms with Gasteiger partial charge in [0.25, 0.3) is 10.0 Å². The fourth-order valence-corrected chi connectivity index (χ4v) is 4.61. The second-order valence-electron chi connectivity index (χ2n) is 5.41.